The molecule has 0 radical (unpaired) electrons. The Kier molecular flexibility index (Phi) is 8.82. The number of amides is 1. The average Bonchev–Trinajstić information content (AvgIpc) is 2.36. The minimum atomic E-state index is 0.0228. The van der Waals surface area contributed by atoms with Gasteiger partial charge in [0.05, 0.1) is 5.56 Å². The largest absolute Gasteiger partial charge is 0.352 e. The van der Waals surface area contributed by atoms with Crippen LogP contribution >= 0.6 is 61.1 Å². The second-order valence-corrected chi connectivity index (χ2v) is 7.14. The first-order chi connectivity index (χ1) is 8.65. The molecule has 100 valence electrons. The molecule has 0 aromatic heterocycles. The first-order valence-corrected chi connectivity index (χ1v) is 9.34. The molecule has 0 bridgehead atoms. The fourth-order valence-electron chi connectivity index (χ4n) is 1.54. The Labute approximate surface area is 144 Å². The monoisotopic (exact) mass is 535 g/mol. The summed E-state index contributed by atoms with van der Waals surface area (Å²) < 4.78 is 3.15. The molecule has 1 aromatic rings. The van der Waals surface area contributed by atoms with E-state index in [0.717, 1.165) is 26.6 Å². The number of rotatable bonds is 7. The first kappa shape index (κ1) is 16.7. The predicted octanol–water partition coefficient (Wildman–Crippen LogP) is 4.78. The van der Waals surface area contributed by atoms with Gasteiger partial charge in [0.25, 0.3) is 5.91 Å². The van der Waals surface area contributed by atoms with Gasteiger partial charge in [0.2, 0.25) is 0 Å². The third-order valence-electron chi connectivity index (χ3n) is 2.52. The summed E-state index contributed by atoms with van der Waals surface area (Å²) >= 11 is 7.98. The van der Waals surface area contributed by atoms with Crippen molar-refractivity contribution in [2.45, 2.75) is 25.7 Å². The minimum Gasteiger partial charge on any atom is -0.352 e. The molecule has 0 saturated heterocycles. The Morgan fingerprint density at radius 3 is 2.67 bits per heavy atom. The highest BCUT2D eigenvalue weighted by Gasteiger charge is 2.09. The zero-order valence-electron chi connectivity index (χ0n) is 10.0. The Morgan fingerprint density at radius 1 is 1.22 bits per heavy atom. The van der Waals surface area contributed by atoms with E-state index in [2.05, 4.69) is 66.4 Å². The summed E-state index contributed by atoms with van der Waals surface area (Å²) in [6.07, 6.45) is 4.79. The standard InChI is InChI=1S/C13H16BrI2NO/c14-10-5-6-12(16)11(9-10)13(18)17-8-4-2-1-3-7-15/h5-6,9H,1-4,7-8H2,(H,17,18). The van der Waals surface area contributed by atoms with Crippen LogP contribution in [0, 0.1) is 3.57 Å². The van der Waals surface area contributed by atoms with Gasteiger partial charge in [-0.05, 0) is 58.1 Å². The summed E-state index contributed by atoms with van der Waals surface area (Å²) in [6, 6.07) is 5.76. The Hall–Kier alpha value is 0.630. The van der Waals surface area contributed by atoms with E-state index in [1.54, 1.807) is 0 Å². The topological polar surface area (TPSA) is 29.1 Å². The summed E-state index contributed by atoms with van der Waals surface area (Å²) in [5.41, 5.74) is 0.747. The highest BCUT2D eigenvalue weighted by atomic mass is 127. The molecule has 1 amide bonds. The van der Waals surface area contributed by atoms with E-state index in [1.807, 2.05) is 18.2 Å². The normalized spacial score (nSPS) is 10.4. The van der Waals surface area contributed by atoms with Crippen molar-refractivity contribution in [1.82, 2.24) is 5.32 Å². The van der Waals surface area contributed by atoms with E-state index >= 15 is 0 Å². The highest BCUT2D eigenvalue weighted by Crippen LogP contribution is 2.18. The maximum atomic E-state index is 12.0. The van der Waals surface area contributed by atoms with Gasteiger partial charge in [-0.2, -0.15) is 0 Å². The second kappa shape index (κ2) is 9.52. The molecule has 0 atom stereocenters. The Bertz CT molecular complexity index is 399. The molecule has 0 aliphatic rings. The summed E-state index contributed by atoms with van der Waals surface area (Å²) in [7, 11) is 0. The van der Waals surface area contributed by atoms with Crippen LogP contribution in [0.5, 0.6) is 0 Å². The number of alkyl halides is 1. The van der Waals surface area contributed by atoms with Gasteiger partial charge in [-0.25, -0.2) is 0 Å². The van der Waals surface area contributed by atoms with Crippen LogP contribution in [-0.4, -0.2) is 16.9 Å². The van der Waals surface area contributed by atoms with Crippen molar-refractivity contribution < 1.29 is 4.79 Å². The van der Waals surface area contributed by atoms with E-state index in [0.29, 0.717) is 0 Å². The van der Waals surface area contributed by atoms with E-state index < -0.39 is 0 Å². The molecule has 0 fully saturated rings. The van der Waals surface area contributed by atoms with E-state index in [9.17, 15) is 4.79 Å². The number of carbonyl (C=O) groups excluding carboxylic acids is 1. The molecule has 0 spiro atoms. The molecule has 0 heterocycles. The first-order valence-electron chi connectivity index (χ1n) is 5.94. The van der Waals surface area contributed by atoms with Gasteiger partial charge in [-0.3, -0.25) is 4.79 Å². The number of halogens is 3. The molecule has 18 heavy (non-hydrogen) atoms. The lowest BCUT2D eigenvalue weighted by atomic mass is 10.2. The summed E-state index contributed by atoms with van der Waals surface area (Å²) in [5, 5.41) is 2.98. The fraction of sp³-hybridized carbons (Fsp3) is 0.462. The lowest BCUT2D eigenvalue weighted by Gasteiger charge is -2.07. The van der Waals surface area contributed by atoms with Crippen LogP contribution in [0.25, 0.3) is 0 Å². The molecule has 0 aliphatic carbocycles. The van der Waals surface area contributed by atoms with Gasteiger partial charge < -0.3 is 5.32 Å². The molecule has 0 aliphatic heterocycles. The summed E-state index contributed by atoms with van der Waals surface area (Å²) in [4.78, 5) is 12.0. The molecule has 5 heteroatoms. The lowest BCUT2D eigenvalue weighted by molar-refractivity contribution is 0.0952. The lowest BCUT2D eigenvalue weighted by Crippen LogP contribution is -2.25. The maximum Gasteiger partial charge on any atom is 0.252 e. The predicted molar refractivity (Wildman–Crippen MR) is 96.5 cm³/mol. The Morgan fingerprint density at radius 2 is 1.94 bits per heavy atom. The van der Waals surface area contributed by atoms with Gasteiger partial charge >= 0.3 is 0 Å². The number of nitrogens with one attached hydrogen (secondary N) is 1. The van der Waals surface area contributed by atoms with Crippen molar-refractivity contribution in [1.29, 1.82) is 0 Å². The van der Waals surface area contributed by atoms with Crippen LogP contribution in [0.4, 0.5) is 0 Å². The van der Waals surface area contributed by atoms with Crippen LogP contribution < -0.4 is 5.32 Å². The smallest absolute Gasteiger partial charge is 0.252 e. The number of hydrogen-bond donors (Lipinski definition) is 1. The van der Waals surface area contributed by atoms with E-state index in [-0.39, 0.29) is 5.91 Å². The van der Waals surface area contributed by atoms with Crippen LogP contribution in [0.3, 0.4) is 0 Å². The van der Waals surface area contributed by atoms with E-state index in [4.69, 9.17) is 0 Å². The molecule has 0 unspecified atom stereocenters. The molecule has 1 rings (SSSR count). The van der Waals surface area contributed by atoms with Gasteiger partial charge in [0.15, 0.2) is 0 Å². The summed E-state index contributed by atoms with van der Waals surface area (Å²) in [6.45, 7) is 0.767. The van der Waals surface area contributed by atoms with Crippen molar-refractivity contribution in [2.24, 2.45) is 0 Å². The second-order valence-electron chi connectivity index (χ2n) is 3.98. The highest BCUT2D eigenvalue weighted by molar-refractivity contribution is 14.1. The molecule has 0 saturated carbocycles. The van der Waals surface area contributed by atoms with Crippen LogP contribution in [0.15, 0.2) is 22.7 Å². The third kappa shape index (κ3) is 6.18. The van der Waals surface area contributed by atoms with Gasteiger partial charge in [0.1, 0.15) is 0 Å². The van der Waals surface area contributed by atoms with Gasteiger partial charge in [0, 0.05) is 14.6 Å². The van der Waals surface area contributed by atoms with Crippen molar-refractivity contribution in [3.8, 4) is 0 Å². The molecule has 1 N–H and O–H groups in total. The number of carbonyl (C=O) groups is 1. The van der Waals surface area contributed by atoms with Crippen molar-refractivity contribution >= 4 is 67.0 Å². The van der Waals surface area contributed by atoms with Crippen molar-refractivity contribution in [2.75, 3.05) is 11.0 Å². The van der Waals surface area contributed by atoms with Crippen molar-refractivity contribution in [3.05, 3.63) is 31.8 Å². The summed E-state index contributed by atoms with van der Waals surface area (Å²) in [5.74, 6) is 0.0228. The number of benzene rings is 1. The minimum absolute atomic E-state index is 0.0228. The zero-order valence-corrected chi connectivity index (χ0v) is 15.9. The van der Waals surface area contributed by atoms with Crippen LogP contribution in [0.1, 0.15) is 36.0 Å². The molecular formula is C13H16BrI2NO. The van der Waals surface area contributed by atoms with Gasteiger partial charge in [-0.15, -0.1) is 0 Å². The molecule has 1 aromatic carbocycles. The fourth-order valence-corrected chi connectivity index (χ4v) is 3.02. The quantitative estimate of drug-likeness (QED) is 0.304. The zero-order chi connectivity index (χ0) is 13.4. The molecule has 2 nitrogen and oxygen atoms in total. The molecular weight excluding hydrogens is 520 g/mol. The SMILES string of the molecule is O=C(NCCCCCCI)c1cc(Br)ccc1I. The van der Waals surface area contributed by atoms with Crippen LogP contribution in [-0.2, 0) is 0 Å². The number of unbranched alkanes of at least 4 members (excludes halogenated alkanes) is 3. The third-order valence-corrected chi connectivity index (χ3v) is 4.72. The number of hydrogen-bond acceptors (Lipinski definition) is 1. The van der Waals surface area contributed by atoms with Gasteiger partial charge in [-0.1, -0.05) is 51.4 Å². The van der Waals surface area contributed by atoms with E-state index in [1.165, 1.54) is 23.7 Å². The average molecular weight is 536 g/mol. The van der Waals surface area contributed by atoms with Crippen LogP contribution in [0.2, 0.25) is 0 Å². The Balaban J connectivity index is 2.34. The van der Waals surface area contributed by atoms with Crippen molar-refractivity contribution in [3.63, 3.8) is 0 Å². The maximum absolute atomic E-state index is 12.0.